The summed E-state index contributed by atoms with van der Waals surface area (Å²) in [5.41, 5.74) is 2.21. The molecule has 0 bridgehead atoms. The van der Waals surface area contributed by atoms with E-state index in [4.69, 9.17) is 4.74 Å². The van der Waals surface area contributed by atoms with Gasteiger partial charge in [0.15, 0.2) is 0 Å². The molecule has 2 atom stereocenters. The summed E-state index contributed by atoms with van der Waals surface area (Å²) in [6, 6.07) is 5.98. The second-order valence-corrected chi connectivity index (χ2v) is 6.39. The molecular weight excluding hydrogens is 292 g/mol. The van der Waals surface area contributed by atoms with Crippen molar-refractivity contribution in [2.24, 2.45) is 5.92 Å². The second kappa shape index (κ2) is 8.20. The average molecular weight is 320 g/mol. The molecule has 2 rings (SSSR count). The Morgan fingerprint density at radius 2 is 2.13 bits per heavy atom. The summed E-state index contributed by atoms with van der Waals surface area (Å²) in [6.45, 7) is 8.14. The molecule has 0 radical (unpaired) electrons. The minimum absolute atomic E-state index is 0.0690. The fraction of sp³-hybridized carbons (Fsp3) is 0.611. The molecule has 5 nitrogen and oxygen atoms in total. The topological polar surface area (TPSA) is 61.8 Å². The molecule has 1 aromatic carbocycles. The largest absolute Gasteiger partial charge is 0.491 e. The molecule has 2 amide bonds. The predicted molar refractivity (Wildman–Crippen MR) is 90.8 cm³/mol. The summed E-state index contributed by atoms with van der Waals surface area (Å²) >= 11 is 0. The lowest BCUT2D eigenvalue weighted by atomic mass is 9.94. The maximum atomic E-state index is 12.2. The molecule has 2 unspecified atom stereocenters. The van der Waals surface area contributed by atoms with E-state index in [1.807, 2.05) is 32.0 Å². The number of nitrogens with one attached hydrogen (secondary N) is 1. The summed E-state index contributed by atoms with van der Waals surface area (Å²) in [5.74, 6) is 1.08. The number of hydrogen-bond donors (Lipinski definition) is 2. The van der Waals surface area contributed by atoms with Crippen molar-refractivity contribution < 1.29 is 14.6 Å². The van der Waals surface area contributed by atoms with Gasteiger partial charge in [0.1, 0.15) is 12.4 Å². The Morgan fingerprint density at radius 3 is 2.78 bits per heavy atom. The Labute approximate surface area is 138 Å². The van der Waals surface area contributed by atoms with Crippen molar-refractivity contribution in [3.05, 3.63) is 29.3 Å². The van der Waals surface area contributed by atoms with E-state index in [0.717, 1.165) is 36.3 Å². The van der Waals surface area contributed by atoms with E-state index in [9.17, 15) is 9.90 Å². The number of ether oxygens (including phenoxy) is 1. The number of amides is 2. The van der Waals surface area contributed by atoms with Crippen molar-refractivity contribution in [1.82, 2.24) is 10.2 Å². The number of aliphatic hydroxyl groups excluding tert-OH is 1. The van der Waals surface area contributed by atoms with E-state index in [0.29, 0.717) is 19.7 Å². The number of urea groups is 1. The maximum absolute atomic E-state index is 12.2. The van der Waals surface area contributed by atoms with Gasteiger partial charge in [-0.25, -0.2) is 4.79 Å². The van der Waals surface area contributed by atoms with Crippen LogP contribution in [0.3, 0.4) is 0 Å². The molecule has 128 valence electrons. The van der Waals surface area contributed by atoms with Crippen LogP contribution in [0, 0.1) is 19.8 Å². The maximum Gasteiger partial charge on any atom is 0.317 e. The van der Waals surface area contributed by atoms with E-state index in [-0.39, 0.29) is 18.1 Å². The van der Waals surface area contributed by atoms with Gasteiger partial charge in [0.2, 0.25) is 0 Å². The van der Waals surface area contributed by atoms with Crippen LogP contribution in [-0.4, -0.2) is 48.4 Å². The Balaban J connectivity index is 1.74. The highest BCUT2D eigenvalue weighted by atomic mass is 16.5. The number of nitrogens with zero attached hydrogens (tertiary/aromatic N) is 1. The van der Waals surface area contributed by atoms with Crippen LogP contribution in [-0.2, 0) is 0 Å². The number of hydrogen-bond acceptors (Lipinski definition) is 3. The Bertz CT molecular complexity index is 511. The van der Waals surface area contributed by atoms with Crippen LogP contribution >= 0.6 is 0 Å². The van der Waals surface area contributed by atoms with E-state index < -0.39 is 0 Å². The molecule has 0 aliphatic carbocycles. The van der Waals surface area contributed by atoms with E-state index in [2.05, 4.69) is 5.32 Å². The van der Waals surface area contributed by atoms with Gasteiger partial charge in [0, 0.05) is 19.0 Å². The molecule has 1 aliphatic rings. The third kappa shape index (κ3) is 4.86. The first kappa shape index (κ1) is 17.6. The third-order valence-electron chi connectivity index (χ3n) is 4.46. The first-order chi connectivity index (χ1) is 11.0. The van der Waals surface area contributed by atoms with Crippen LogP contribution in [0.15, 0.2) is 18.2 Å². The SMILES string of the molecule is Cc1cccc(C)c1OCCNC(=O)N1CCCC(C(C)O)C1. The minimum Gasteiger partial charge on any atom is -0.491 e. The van der Waals surface area contributed by atoms with Gasteiger partial charge in [-0.15, -0.1) is 0 Å². The van der Waals surface area contributed by atoms with Gasteiger partial charge in [-0.05, 0) is 44.7 Å². The Hall–Kier alpha value is -1.75. The first-order valence-electron chi connectivity index (χ1n) is 8.39. The van der Waals surface area contributed by atoms with Crippen molar-refractivity contribution in [2.75, 3.05) is 26.2 Å². The Morgan fingerprint density at radius 1 is 1.43 bits per heavy atom. The molecular formula is C18H28N2O3. The molecule has 1 aromatic rings. The van der Waals surface area contributed by atoms with Gasteiger partial charge < -0.3 is 20.1 Å². The molecule has 0 aromatic heterocycles. The highest BCUT2D eigenvalue weighted by molar-refractivity contribution is 5.74. The predicted octanol–water partition coefficient (Wildman–Crippen LogP) is 2.48. The lowest BCUT2D eigenvalue weighted by Gasteiger charge is -2.34. The van der Waals surface area contributed by atoms with Gasteiger partial charge in [-0.3, -0.25) is 0 Å². The summed E-state index contributed by atoms with van der Waals surface area (Å²) in [7, 11) is 0. The molecule has 5 heteroatoms. The van der Waals surface area contributed by atoms with Crippen molar-refractivity contribution in [1.29, 1.82) is 0 Å². The zero-order valence-electron chi connectivity index (χ0n) is 14.3. The standard InChI is InChI=1S/C18H28N2O3/c1-13-6-4-7-14(2)17(13)23-11-9-19-18(22)20-10-5-8-16(12-20)15(3)21/h4,6-7,15-16,21H,5,8-12H2,1-3H3,(H,19,22). The van der Waals surface area contributed by atoms with Gasteiger partial charge in [-0.1, -0.05) is 18.2 Å². The van der Waals surface area contributed by atoms with Crippen molar-refractivity contribution in [3.8, 4) is 5.75 Å². The number of carbonyl (C=O) groups is 1. The molecule has 1 saturated heterocycles. The lowest BCUT2D eigenvalue weighted by Crippen LogP contribution is -2.48. The number of aliphatic hydroxyl groups is 1. The average Bonchev–Trinajstić information content (AvgIpc) is 2.53. The molecule has 0 saturated carbocycles. The van der Waals surface area contributed by atoms with Crippen molar-refractivity contribution in [3.63, 3.8) is 0 Å². The summed E-state index contributed by atoms with van der Waals surface area (Å²) in [5, 5.41) is 12.6. The molecule has 1 aliphatic heterocycles. The highest BCUT2D eigenvalue weighted by Crippen LogP contribution is 2.22. The van der Waals surface area contributed by atoms with Crippen LogP contribution in [0.2, 0.25) is 0 Å². The first-order valence-corrected chi connectivity index (χ1v) is 8.39. The highest BCUT2D eigenvalue weighted by Gasteiger charge is 2.26. The second-order valence-electron chi connectivity index (χ2n) is 6.39. The van der Waals surface area contributed by atoms with Crippen molar-refractivity contribution >= 4 is 6.03 Å². The smallest absolute Gasteiger partial charge is 0.317 e. The molecule has 0 spiro atoms. The van der Waals surface area contributed by atoms with Crippen LogP contribution in [0.1, 0.15) is 30.9 Å². The Kier molecular flexibility index (Phi) is 6.28. The number of carbonyl (C=O) groups excluding carboxylic acids is 1. The monoisotopic (exact) mass is 320 g/mol. The minimum atomic E-state index is -0.363. The number of rotatable bonds is 5. The number of benzene rings is 1. The van der Waals surface area contributed by atoms with Gasteiger partial charge in [-0.2, -0.15) is 0 Å². The zero-order chi connectivity index (χ0) is 16.8. The fourth-order valence-corrected chi connectivity index (χ4v) is 3.04. The molecule has 2 N–H and O–H groups in total. The molecule has 1 heterocycles. The van der Waals surface area contributed by atoms with Crippen LogP contribution in [0.25, 0.3) is 0 Å². The normalized spacial score (nSPS) is 19.3. The number of piperidine rings is 1. The van der Waals surface area contributed by atoms with Crippen LogP contribution in [0.4, 0.5) is 4.79 Å². The molecule has 1 fully saturated rings. The molecule has 23 heavy (non-hydrogen) atoms. The van der Waals surface area contributed by atoms with Gasteiger partial charge in [0.25, 0.3) is 0 Å². The van der Waals surface area contributed by atoms with E-state index >= 15 is 0 Å². The summed E-state index contributed by atoms with van der Waals surface area (Å²) in [6.07, 6.45) is 1.57. The summed E-state index contributed by atoms with van der Waals surface area (Å²) in [4.78, 5) is 14.0. The van der Waals surface area contributed by atoms with Crippen LogP contribution in [0.5, 0.6) is 5.75 Å². The van der Waals surface area contributed by atoms with Gasteiger partial charge >= 0.3 is 6.03 Å². The van der Waals surface area contributed by atoms with E-state index in [1.54, 1.807) is 11.8 Å². The fourth-order valence-electron chi connectivity index (χ4n) is 3.04. The number of aryl methyl sites for hydroxylation is 2. The van der Waals surface area contributed by atoms with E-state index in [1.165, 1.54) is 0 Å². The number of likely N-dealkylation sites (tertiary alicyclic amines) is 1. The van der Waals surface area contributed by atoms with Crippen molar-refractivity contribution in [2.45, 2.75) is 39.7 Å². The number of para-hydroxylation sites is 1. The quantitative estimate of drug-likeness (QED) is 0.819. The van der Waals surface area contributed by atoms with Crippen LogP contribution < -0.4 is 10.1 Å². The lowest BCUT2D eigenvalue weighted by molar-refractivity contribution is 0.0737. The zero-order valence-corrected chi connectivity index (χ0v) is 14.3. The van der Waals surface area contributed by atoms with Gasteiger partial charge in [0.05, 0.1) is 12.6 Å². The summed E-state index contributed by atoms with van der Waals surface area (Å²) < 4.78 is 5.79. The third-order valence-corrected chi connectivity index (χ3v) is 4.46.